The van der Waals surface area contributed by atoms with E-state index in [1.807, 2.05) is 20.8 Å². The van der Waals surface area contributed by atoms with Crippen LogP contribution in [-0.2, 0) is 19.1 Å². The average Bonchev–Trinajstić information content (AvgIpc) is 3.23. The molecule has 0 bridgehead atoms. The lowest BCUT2D eigenvalue weighted by Gasteiger charge is -2.36. The van der Waals surface area contributed by atoms with Crippen molar-refractivity contribution < 1.29 is 23.9 Å². The van der Waals surface area contributed by atoms with Crippen LogP contribution in [-0.4, -0.2) is 56.7 Å². The second kappa shape index (κ2) is 8.45. The minimum Gasteiger partial charge on any atom is -0.451 e. The molecule has 4 amide bonds. The summed E-state index contributed by atoms with van der Waals surface area (Å²) in [7, 11) is 0. The Balaban J connectivity index is 1.58. The van der Waals surface area contributed by atoms with Crippen molar-refractivity contribution in [2.75, 3.05) is 11.9 Å². The number of esters is 1. The van der Waals surface area contributed by atoms with E-state index < -0.39 is 42.0 Å². The highest BCUT2D eigenvalue weighted by Gasteiger charge is 2.55. The first-order chi connectivity index (χ1) is 14.2. The molecule has 1 spiro atoms. The quantitative estimate of drug-likeness (QED) is 0.536. The van der Waals surface area contributed by atoms with Crippen molar-refractivity contribution in [2.45, 2.75) is 71.1 Å². The molecule has 1 saturated heterocycles. The number of aromatic nitrogens is 2. The normalized spacial score (nSPS) is 24.8. The summed E-state index contributed by atoms with van der Waals surface area (Å²) in [6.45, 7) is 6.68. The molecule has 3 atom stereocenters. The number of nitrogens with one attached hydrogen (secondary N) is 2. The summed E-state index contributed by atoms with van der Waals surface area (Å²) < 4.78 is 6.80. The topological polar surface area (TPSA) is 123 Å². The van der Waals surface area contributed by atoms with Gasteiger partial charge in [-0.25, -0.2) is 9.48 Å². The van der Waals surface area contributed by atoms with E-state index in [9.17, 15) is 19.2 Å². The molecule has 1 aromatic heterocycles. The van der Waals surface area contributed by atoms with Crippen LogP contribution in [0.3, 0.4) is 0 Å². The molecule has 10 nitrogen and oxygen atoms in total. The van der Waals surface area contributed by atoms with Gasteiger partial charge in [0.1, 0.15) is 17.9 Å². The van der Waals surface area contributed by atoms with E-state index in [2.05, 4.69) is 15.7 Å². The van der Waals surface area contributed by atoms with Crippen molar-refractivity contribution in [2.24, 2.45) is 5.92 Å². The Kier molecular flexibility index (Phi) is 6.14. The molecular weight excluding hydrogens is 390 g/mol. The van der Waals surface area contributed by atoms with Crippen LogP contribution >= 0.6 is 0 Å². The fraction of sp³-hybridized carbons (Fsp3) is 0.650. The van der Waals surface area contributed by atoms with Gasteiger partial charge in [0.2, 0.25) is 0 Å². The molecule has 1 aliphatic heterocycles. The Morgan fingerprint density at radius 1 is 1.33 bits per heavy atom. The summed E-state index contributed by atoms with van der Waals surface area (Å²) in [5, 5.41) is 9.58. The molecule has 2 heterocycles. The molecule has 1 aromatic rings. The standard InChI is InChI=1S/C20H29N5O5/c1-12(2)25-15(8-10-21-25)22-17(27)14(4)30-16(26)11-24-18(28)20(23-19(24)29)9-6-5-7-13(20)3/h8,10,12-14H,5-7,9,11H2,1-4H3,(H,22,27)(H,23,29)/t13-,14-,20+/m0/s1. The Labute approximate surface area is 175 Å². The smallest absolute Gasteiger partial charge is 0.327 e. The summed E-state index contributed by atoms with van der Waals surface area (Å²) in [5.74, 6) is -1.26. The minimum absolute atomic E-state index is 0.000713. The Morgan fingerprint density at radius 2 is 2.07 bits per heavy atom. The number of nitrogens with zero attached hydrogens (tertiary/aromatic N) is 3. The number of hydrogen-bond acceptors (Lipinski definition) is 6. The second-order valence-electron chi connectivity index (χ2n) is 8.32. The van der Waals surface area contributed by atoms with Crippen molar-refractivity contribution in [1.82, 2.24) is 20.0 Å². The van der Waals surface area contributed by atoms with E-state index in [1.54, 1.807) is 16.9 Å². The Hall–Kier alpha value is -2.91. The van der Waals surface area contributed by atoms with Crippen LogP contribution in [0.1, 0.15) is 59.4 Å². The summed E-state index contributed by atoms with van der Waals surface area (Å²) in [6, 6.07) is 1.09. The molecule has 3 rings (SSSR count). The minimum atomic E-state index is -1.10. The third-order valence-corrected chi connectivity index (χ3v) is 5.88. The van der Waals surface area contributed by atoms with Gasteiger partial charge in [-0.15, -0.1) is 0 Å². The highest BCUT2D eigenvalue weighted by atomic mass is 16.5. The summed E-state index contributed by atoms with van der Waals surface area (Å²) >= 11 is 0. The van der Waals surface area contributed by atoms with Gasteiger partial charge < -0.3 is 15.4 Å². The number of urea groups is 1. The molecule has 0 aromatic carbocycles. The molecule has 2 aliphatic rings. The number of amides is 4. The lowest BCUT2D eigenvalue weighted by molar-refractivity contribution is -0.155. The van der Waals surface area contributed by atoms with Crippen LogP contribution in [0.25, 0.3) is 0 Å². The first kappa shape index (κ1) is 21.8. The monoisotopic (exact) mass is 419 g/mol. The average molecular weight is 419 g/mol. The van der Waals surface area contributed by atoms with Crippen LogP contribution in [0.5, 0.6) is 0 Å². The molecule has 10 heteroatoms. The number of rotatable bonds is 6. The van der Waals surface area contributed by atoms with Crippen LogP contribution < -0.4 is 10.6 Å². The SMILES string of the molecule is CC(C)n1nccc1NC(=O)[C@H](C)OC(=O)CN1C(=O)N[C@@]2(CCCC[C@@H]2C)C1=O. The third-order valence-electron chi connectivity index (χ3n) is 5.88. The molecule has 30 heavy (non-hydrogen) atoms. The first-order valence-electron chi connectivity index (χ1n) is 10.3. The van der Waals surface area contributed by atoms with E-state index >= 15 is 0 Å². The highest BCUT2D eigenvalue weighted by Crippen LogP contribution is 2.38. The van der Waals surface area contributed by atoms with E-state index in [4.69, 9.17) is 4.74 Å². The number of ether oxygens (including phenoxy) is 1. The number of hydrogen-bond donors (Lipinski definition) is 2. The molecule has 164 valence electrons. The molecule has 0 unspecified atom stereocenters. The van der Waals surface area contributed by atoms with Crippen LogP contribution in [0.2, 0.25) is 0 Å². The number of imide groups is 1. The zero-order valence-corrected chi connectivity index (χ0v) is 17.8. The van der Waals surface area contributed by atoms with Gasteiger partial charge in [-0.2, -0.15) is 5.10 Å². The maximum absolute atomic E-state index is 12.9. The number of anilines is 1. The van der Waals surface area contributed by atoms with Crippen molar-refractivity contribution >= 4 is 29.6 Å². The van der Waals surface area contributed by atoms with Gasteiger partial charge in [-0.1, -0.05) is 19.8 Å². The van der Waals surface area contributed by atoms with Crippen LogP contribution in [0, 0.1) is 5.92 Å². The van der Waals surface area contributed by atoms with Gasteiger partial charge in [-0.05, 0) is 39.5 Å². The largest absolute Gasteiger partial charge is 0.451 e. The van der Waals surface area contributed by atoms with Crippen LogP contribution in [0.4, 0.5) is 10.6 Å². The fourth-order valence-electron chi connectivity index (χ4n) is 4.11. The van der Waals surface area contributed by atoms with Gasteiger partial charge in [0.25, 0.3) is 11.8 Å². The Bertz CT molecular complexity index is 850. The molecule has 2 N–H and O–H groups in total. The van der Waals surface area contributed by atoms with Gasteiger partial charge in [-0.3, -0.25) is 19.3 Å². The summed E-state index contributed by atoms with van der Waals surface area (Å²) in [5.41, 5.74) is -0.937. The zero-order valence-electron chi connectivity index (χ0n) is 17.8. The lowest BCUT2D eigenvalue weighted by atomic mass is 9.73. The maximum Gasteiger partial charge on any atom is 0.327 e. The molecule has 2 fully saturated rings. The van der Waals surface area contributed by atoms with Crippen molar-refractivity contribution in [3.05, 3.63) is 12.3 Å². The number of carbonyl (C=O) groups is 4. The van der Waals surface area contributed by atoms with E-state index in [1.165, 1.54) is 6.92 Å². The molecule has 1 aliphatic carbocycles. The van der Waals surface area contributed by atoms with E-state index in [-0.39, 0.29) is 12.0 Å². The second-order valence-corrected chi connectivity index (χ2v) is 8.32. The van der Waals surface area contributed by atoms with Crippen molar-refractivity contribution in [1.29, 1.82) is 0 Å². The Morgan fingerprint density at radius 3 is 2.73 bits per heavy atom. The van der Waals surface area contributed by atoms with Crippen molar-refractivity contribution in [3.8, 4) is 0 Å². The van der Waals surface area contributed by atoms with Crippen LogP contribution in [0.15, 0.2) is 12.3 Å². The van der Waals surface area contributed by atoms with E-state index in [0.717, 1.165) is 24.2 Å². The predicted octanol–water partition coefficient (Wildman–Crippen LogP) is 1.83. The zero-order chi connectivity index (χ0) is 22.1. The van der Waals surface area contributed by atoms with Gasteiger partial charge in [0.15, 0.2) is 6.10 Å². The predicted molar refractivity (Wildman–Crippen MR) is 107 cm³/mol. The summed E-state index contributed by atoms with van der Waals surface area (Å²) in [4.78, 5) is 50.9. The van der Waals surface area contributed by atoms with E-state index in [0.29, 0.717) is 12.2 Å². The van der Waals surface area contributed by atoms with Gasteiger partial charge >= 0.3 is 12.0 Å². The van der Waals surface area contributed by atoms with Crippen molar-refractivity contribution in [3.63, 3.8) is 0 Å². The molecule has 1 saturated carbocycles. The first-order valence-corrected chi connectivity index (χ1v) is 10.3. The maximum atomic E-state index is 12.9. The lowest BCUT2D eigenvalue weighted by Crippen LogP contribution is -2.54. The summed E-state index contributed by atoms with van der Waals surface area (Å²) in [6.07, 6.45) is 3.72. The van der Waals surface area contributed by atoms with Gasteiger partial charge in [0.05, 0.1) is 6.20 Å². The molecule has 0 radical (unpaired) electrons. The number of carbonyl (C=O) groups excluding carboxylic acids is 4. The fourth-order valence-corrected chi connectivity index (χ4v) is 4.11. The highest BCUT2D eigenvalue weighted by molar-refractivity contribution is 6.09. The third kappa shape index (κ3) is 4.03. The van der Waals surface area contributed by atoms with Gasteiger partial charge in [0, 0.05) is 12.1 Å². The molecular formula is C20H29N5O5.